The fraction of sp³-hybridized carbons (Fsp3) is 0.643. The Morgan fingerprint density at radius 1 is 1.41 bits per heavy atom. The maximum absolute atomic E-state index is 5.89. The van der Waals surface area contributed by atoms with Crippen LogP contribution in [0.2, 0.25) is 0 Å². The minimum atomic E-state index is 0.196. The minimum Gasteiger partial charge on any atom is -0.398 e. The van der Waals surface area contributed by atoms with Gasteiger partial charge in [0.1, 0.15) is 0 Å². The number of nitrogens with zero attached hydrogens (tertiary/aromatic N) is 1. The average Bonchev–Trinajstić information content (AvgIpc) is 2.24. The van der Waals surface area contributed by atoms with E-state index in [2.05, 4.69) is 38.0 Å². The second-order valence-corrected chi connectivity index (χ2v) is 5.85. The van der Waals surface area contributed by atoms with Gasteiger partial charge in [0, 0.05) is 23.6 Å². The molecule has 3 heteroatoms. The summed E-state index contributed by atoms with van der Waals surface area (Å²) in [4.78, 5) is 4.11. The Morgan fingerprint density at radius 3 is 2.71 bits per heavy atom. The van der Waals surface area contributed by atoms with E-state index in [0.29, 0.717) is 5.92 Å². The average molecular weight is 235 g/mol. The molecule has 3 N–H and O–H groups in total. The zero-order valence-corrected chi connectivity index (χ0v) is 11.5. The van der Waals surface area contributed by atoms with Crippen molar-refractivity contribution in [3.63, 3.8) is 0 Å². The zero-order valence-electron chi connectivity index (χ0n) is 11.5. The van der Waals surface area contributed by atoms with Gasteiger partial charge < -0.3 is 11.1 Å². The van der Waals surface area contributed by atoms with Crippen LogP contribution in [0.1, 0.15) is 39.7 Å². The van der Waals surface area contributed by atoms with Gasteiger partial charge in [-0.15, -0.1) is 0 Å². The summed E-state index contributed by atoms with van der Waals surface area (Å²) in [5, 5.41) is 3.53. The molecule has 0 aliphatic rings. The lowest BCUT2D eigenvalue weighted by molar-refractivity contribution is 0.372. The smallest absolute Gasteiger partial charge is 0.0377 e. The maximum Gasteiger partial charge on any atom is 0.0377 e. The van der Waals surface area contributed by atoms with Gasteiger partial charge in [0.05, 0.1) is 0 Å². The van der Waals surface area contributed by atoms with Crippen molar-refractivity contribution in [3.8, 4) is 0 Å². The van der Waals surface area contributed by atoms with Gasteiger partial charge in [-0.2, -0.15) is 0 Å². The van der Waals surface area contributed by atoms with Crippen LogP contribution in [0.3, 0.4) is 0 Å². The van der Waals surface area contributed by atoms with Crippen LogP contribution in [0, 0.1) is 5.92 Å². The highest BCUT2D eigenvalue weighted by Crippen LogP contribution is 2.14. The lowest BCUT2D eigenvalue weighted by Crippen LogP contribution is -2.38. The van der Waals surface area contributed by atoms with E-state index in [9.17, 15) is 0 Å². The van der Waals surface area contributed by atoms with Gasteiger partial charge in [0.25, 0.3) is 0 Å². The van der Waals surface area contributed by atoms with E-state index in [1.165, 1.54) is 0 Å². The third-order valence-corrected chi connectivity index (χ3v) is 2.83. The molecule has 0 aliphatic carbocycles. The maximum atomic E-state index is 5.89. The lowest BCUT2D eigenvalue weighted by Gasteiger charge is -2.23. The van der Waals surface area contributed by atoms with Gasteiger partial charge in [-0.3, -0.25) is 4.98 Å². The molecule has 1 unspecified atom stereocenters. The van der Waals surface area contributed by atoms with E-state index in [1.807, 2.05) is 12.3 Å². The van der Waals surface area contributed by atoms with Crippen molar-refractivity contribution in [2.75, 3.05) is 12.3 Å². The Labute approximate surface area is 105 Å². The summed E-state index contributed by atoms with van der Waals surface area (Å²) in [6, 6.07) is 1.87. The molecule has 0 aromatic carbocycles. The molecule has 0 saturated heterocycles. The van der Waals surface area contributed by atoms with E-state index < -0.39 is 0 Å². The second-order valence-electron chi connectivity index (χ2n) is 5.85. The number of aryl methyl sites for hydroxylation is 1. The van der Waals surface area contributed by atoms with Crippen molar-refractivity contribution in [1.29, 1.82) is 0 Å². The summed E-state index contributed by atoms with van der Waals surface area (Å²) < 4.78 is 0. The third kappa shape index (κ3) is 5.68. The zero-order chi connectivity index (χ0) is 12.9. The molecule has 0 saturated carbocycles. The number of pyridine rings is 1. The summed E-state index contributed by atoms with van der Waals surface area (Å²) in [5.74, 6) is 0.647. The SMILES string of the molecule is CC(CCc1cnccc1N)CNC(C)(C)C. The van der Waals surface area contributed by atoms with Crippen molar-refractivity contribution < 1.29 is 0 Å². The van der Waals surface area contributed by atoms with Gasteiger partial charge in [0.15, 0.2) is 0 Å². The molecule has 96 valence electrons. The summed E-state index contributed by atoms with van der Waals surface area (Å²) in [6.07, 6.45) is 5.76. The van der Waals surface area contributed by atoms with Crippen LogP contribution in [0.4, 0.5) is 5.69 Å². The Balaban J connectivity index is 2.34. The van der Waals surface area contributed by atoms with Crippen molar-refractivity contribution >= 4 is 5.69 Å². The Morgan fingerprint density at radius 2 is 2.12 bits per heavy atom. The van der Waals surface area contributed by atoms with Gasteiger partial charge in [-0.05, 0) is 57.7 Å². The van der Waals surface area contributed by atoms with Crippen molar-refractivity contribution in [2.45, 2.75) is 46.1 Å². The first kappa shape index (κ1) is 14.0. The number of rotatable bonds is 5. The van der Waals surface area contributed by atoms with Gasteiger partial charge in [-0.1, -0.05) is 6.92 Å². The summed E-state index contributed by atoms with van der Waals surface area (Å²) in [5.41, 5.74) is 8.11. The fourth-order valence-electron chi connectivity index (χ4n) is 1.63. The van der Waals surface area contributed by atoms with Crippen molar-refractivity contribution in [1.82, 2.24) is 10.3 Å². The van der Waals surface area contributed by atoms with Crippen LogP contribution < -0.4 is 11.1 Å². The molecule has 0 fully saturated rings. The van der Waals surface area contributed by atoms with Crippen LogP contribution in [0.15, 0.2) is 18.5 Å². The first-order valence-electron chi connectivity index (χ1n) is 6.32. The Bertz CT molecular complexity index is 342. The molecule has 0 radical (unpaired) electrons. The standard InChI is InChI=1S/C14H25N3/c1-11(9-17-14(2,3)4)5-6-12-10-16-8-7-13(12)15/h7-8,10-11,17H,5-6,9H2,1-4H3,(H2,15,16). The van der Waals surface area contributed by atoms with Crippen LogP contribution in [-0.2, 0) is 6.42 Å². The Hall–Kier alpha value is -1.09. The largest absolute Gasteiger partial charge is 0.398 e. The quantitative estimate of drug-likeness (QED) is 0.825. The fourth-order valence-corrected chi connectivity index (χ4v) is 1.63. The second kappa shape index (κ2) is 6.01. The molecule has 17 heavy (non-hydrogen) atoms. The number of nitrogens with one attached hydrogen (secondary N) is 1. The molecule has 0 bridgehead atoms. The molecule has 1 rings (SSSR count). The topological polar surface area (TPSA) is 50.9 Å². The van der Waals surface area contributed by atoms with Gasteiger partial charge >= 0.3 is 0 Å². The van der Waals surface area contributed by atoms with Crippen molar-refractivity contribution in [3.05, 3.63) is 24.0 Å². The normalized spacial score (nSPS) is 13.6. The lowest BCUT2D eigenvalue weighted by atomic mass is 10.00. The van der Waals surface area contributed by atoms with E-state index in [1.54, 1.807) is 6.20 Å². The molecule has 1 aromatic rings. The summed E-state index contributed by atoms with van der Waals surface area (Å²) >= 11 is 0. The van der Waals surface area contributed by atoms with Crippen molar-refractivity contribution in [2.24, 2.45) is 5.92 Å². The van der Waals surface area contributed by atoms with E-state index >= 15 is 0 Å². The molecule has 0 amide bonds. The molecular weight excluding hydrogens is 210 g/mol. The molecular formula is C14H25N3. The highest BCUT2D eigenvalue weighted by Gasteiger charge is 2.11. The molecule has 0 spiro atoms. The van der Waals surface area contributed by atoms with Crippen LogP contribution >= 0.6 is 0 Å². The Kier molecular flexibility index (Phi) is 4.94. The first-order valence-corrected chi connectivity index (χ1v) is 6.32. The number of hydrogen-bond acceptors (Lipinski definition) is 3. The van der Waals surface area contributed by atoms with E-state index in [4.69, 9.17) is 5.73 Å². The third-order valence-electron chi connectivity index (χ3n) is 2.83. The van der Waals surface area contributed by atoms with E-state index in [-0.39, 0.29) is 5.54 Å². The molecule has 3 nitrogen and oxygen atoms in total. The minimum absolute atomic E-state index is 0.196. The van der Waals surface area contributed by atoms with Crippen LogP contribution in [0.25, 0.3) is 0 Å². The number of aromatic nitrogens is 1. The highest BCUT2D eigenvalue weighted by atomic mass is 14.9. The number of anilines is 1. The van der Waals surface area contributed by atoms with Crippen LogP contribution in [-0.4, -0.2) is 17.1 Å². The first-order chi connectivity index (χ1) is 7.88. The molecule has 1 heterocycles. The molecule has 1 aromatic heterocycles. The van der Waals surface area contributed by atoms with E-state index in [0.717, 1.165) is 30.6 Å². The number of nitrogen functional groups attached to an aromatic ring is 1. The predicted octanol–water partition coefficient (Wildman–Crippen LogP) is 2.62. The summed E-state index contributed by atoms with van der Waals surface area (Å²) in [7, 11) is 0. The number of nitrogens with two attached hydrogens (primary N) is 1. The van der Waals surface area contributed by atoms with Crippen LogP contribution in [0.5, 0.6) is 0 Å². The molecule has 0 aliphatic heterocycles. The highest BCUT2D eigenvalue weighted by molar-refractivity contribution is 5.44. The molecule has 1 atom stereocenters. The van der Waals surface area contributed by atoms with Gasteiger partial charge in [0.2, 0.25) is 0 Å². The monoisotopic (exact) mass is 235 g/mol. The predicted molar refractivity (Wildman–Crippen MR) is 73.9 cm³/mol. The number of hydrogen-bond donors (Lipinski definition) is 2. The van der Waals surface area contributed by atoms with Gasteiger partial charge in [-0.25, -0.2) is 0 Å². The summed E-state index contributed by atoms with van der Waals surface area (Å²) in [6.45, 7) is 9.89.